The van der Waals surface area contributed by atoms with E-state index in [1.165, 1.54) is 17.0 Å². The monoisotopic (exact) mass is 485 g/mol. The molecule has 1 aliphatic carbocycles. The summed E-state index contributed by atoms with van der Waals surface area (Å²) in [7, 11) is 0. The van der Waals surface area contributed by atoms with Gasteiger partial charge in [0, 0.05) is 43.5 Å². The number of hydrogen-bond acceptors (Lipinski definition) is 4. The Morgan fingerprint density at radius 1 is 0.829 bits per heavy atom. The first-order chi connectivity index (χ1) is 16.7. The molecule has 0 radical (unpaired) electrons. The van der Waals surface area contributed by atoms with Crippen molar-refractivity contribution < 1.29 is 27.6 Å². The molecule has 6 nitrogen and oxygen atoms in total. The Balaban J connectivity index is 1.27. The molecule has 1 saturated heterocycles. The molecule has 0 spiro atoms. The average molecular weight is 486 g/mol. The summed E-state index contributed by atoms with van der Waals surface area (Å²) in [5, 5.41) is 0. The van der Waals surface area contributed by atoms with Crippen molar-refractivity contribution in [2.75, 3.05) is 31.1 Å². The van der Waals surface area contributed by atoms with Gasteiger partial charge in [-0.05, 0) is 49.2 Å². The highest BCUT2D eigenvalue weighted by atomic mass is 19.4. The van der Waals surface area contributed by atoms with E-state index in [-0.39, 0.29) is 29.3 Å². The molecule has 0 unspecified atom stereocenters. The number of carbonyl (C=O) groups is 3. The van der Waals surface area contributed by atoms with Gasteiger partial charge in [-0.1, -0.05) is 25.3 Å². The lowest BCUT2D eigenvalue weighted by Crippen LogP contribution is -2.48. The van der Waals surface area contributed by atoms with Gasteiger partial charge < -0.3 is 9.80 Å². The van der Waals surface area contributed by atoms with Crippen LogP contribution in [0.5, 0.6) is 0 Å². The third-order valence-corrected chi connectivity index (χ3v) is 7.21. The summed E-state index contributed by atoms with van der Waals surface area (Å²) in [6.45, 7) is 1.47. The fourth-order valence-corrected chi connectivity index (χ4v) is 5.29. The Morgan fingerprint density at radius 3 is 2.20 bits per heavy atom. The van der Waals surface area contributed by atoms with E-state index in [2.05, 4.69) is 0 Å². The minimum atomic E-state index is -4.41. The van der Waals surface area contributed by atoms with Crippen molar-refractivity contribution >= 4 is 23.4 Å². The fraction of sp³-hybridized carbons (Fsp3) is 0.423. The molecular weight excluding hydrogens is 459 g/mol. The molecule has 35 heavy (non-hydrogen) atoms. The number of fused-ring (bicyclic) bond motifs is 1. The van der Waals surface area contributed by atoms with Crippen LogP contribution in [-0.2, 0) is 6.18 Å². The predicted molar refractivity (Wildman–Crippen MR) is 123 cm³/mol. The van der Waals surface area contributed by atoms with Gasteiger partial charge in [0.15, 0.2) is 0 Å². The topological polar surface area (TPSA) is 60.9 Å². The lowest BCUT2D eigenvalue weighted by atomic mass is 9.94. The van der Waals surface area contributed by atoms with Crippen molar-refractivity contribution in [3.8, 4) is 0 Å². The number of nitrogens with zero attached hydrogens (tertiary/aromatic N) is 3. The van der Waals surface area contributed by atoms with Crippen LogP contribution in [0.15, 0.2) is 42.5 Å². The maximum absolute atomic E-state index is 13.1. The van der Waals surface area contributed by atoms with Crippen LogP contribution in [0.1, 0.15) is 68.7 Å². The molecule has 2 fully saturated rings. The molecule has 2 heterocycles. The summed E-state index contributed by atoms with van der Waals surface area (Å²) in [5.74, 6) is -0.876. The molecule has 5 rings (SSSR count). The second-order valence-electron chi connectivity index (χ2n) is 9.36. The van der Waals surface area contributed by atoms with Crippen molar-refractivity contribution in [1.29, 1.82) is 0 Å². The van der Waals surface area contributed by atoms with Crippen molar-refractivity contribution in [2.24, 2.45) is 0 Å². The highest BCUT2D eigenvalue weighted by Gasteiger charge is 2.40. The van der Waals surface area contributed by atoms with Crippen LogP contribution in [0.4, 0.5) is 18.9 Å². The van der Waals surface area contributed by atoms with Gasteiger partial charge in [-0.3, -0.25) is 19.3 Å². The zero-order valence-corrected chi connectivity index (χ0v) is 19.2. The van der Waals surface area contributed by atoms with Crippen LogP contribution in [-0.4, -0.2) is 59.7 Å². The number of imide groups is 1. The van der Waals surface area contributed by atoms with E-state index in [0.717, 1.165) is 44.2 Å². The van der Waals surface area contributed by atoms with E-state index < -0.39 is 11.7 Å². The van der Waals surface area contributed by atoms with Crippen LogP contribution in [0.2, 0.25) is 0 Å². The summed E-state index contributed by atoms with van der Waals surface area (Å²) in [5.41, 5.74) is 0.716. The standard InChI is InChI=1S/C26H26F3N3O3/c27-26(28,29)18-5-4-8-20(16-18)30-11-13-31(14-12-30)23(33)17-9-10-21-22(15-17)25(35)32(24(21)34)19-6-2-1-3-7-19/h4-5,8-10,15-16,19H,1-3,6-7,11-14H2. The van der Waals surface area contributed by atoms with E-state index in [1.54, 1.807) is 23.1 Å². The number of piperazine rings is 1. The SMILES string of the molecule is O=C(c1ccc2c(c1)C(=O)N(C1CCCCC1)C2=O)N1CCN(c2cccc(C(F)(F)F)c2)CC1. The Kier molecular flexibility index (Phi) is 6.02. The van der Waals surface area contributed by atoms with E-state index in [9.17, 15) is 27.6 Å². The second-order valence-corrected chi connectivity index (χ2v) is 9.36. The molecule has 2 aromatic carbocycles. The number of carbonyl (C=O) groups excluding carboxylic acids is 3. The molecule has 3 aliphatic rings. The smallest absolute Gasteiger partial charge is 0.368 e. The van der Waals surface area contributed by atoms with E-state index in [1.807, 2.05) is 4.90 Å². The molecular formula is C26H26F3N3O3. The lowest BCUT2D eigenvalue weighted by Gasteiger charge is -2.36. The summed E-state index contributed by atoms with van der Waals surface area (Å²) >= 11 is 0. The van der Waals surface area contributed by atoms with Crippen molar-refractivity contribution in [1.82, 2.24) is 9.80 Å². The number of halogens is 3. The van der Waals surface area contributed by atoms with Gasteiger partial charge in [-0.25, -0.2) is 0 Å². The first kappa shape index (κ1) is 23.4. The zero-order chi connectivity index (χ0) is 24.7. The van der Waals surface area contributed by atoms with Crippen molar-refractivity contribution in [3.63, 3.8) is 0 Å². The largest absolute Gasteiger partial charge is 0.416 e. The number of anilines is 1. The van der Waals surface area contributed by atoms with Gasteiger partial charge in [-0.15, -0.1) is 0 Å². The van der Waals surface area contributed by atoms with Gasteiger partial charge in [0.05, 0.1) is 16.7 Å². The number of benzene rings is 2. The molecule has 2 aromatic rings. The lowest BCUT2D eigenvalue weighted by molar-refractivity contribution is -0.137. The number of rotatable bonds is 3. The predicted octanol–water partition coefficient (Wildman–Crippen LogP) is 4.60. The summed E-state index contributed by atoms with van der Waals surface area (Å²) in [4.78, 5) is 43.9. The van der Waals surface area contributed by atoms with Gasteiger partial charge >= 0.3 is 6.18 Å². The Morgan fingerprint density at radius 2 is 1.51 bits per heavy atom. The third kappa shape index (κ3) is 4.39. The van der Waals surface area contributed by atoms with E-state index >= 15 is 0 Å². The van der Waals surface area contributed by atoms with Crippen LogP contribution < -0.4 is 4.90 Å². The first-order valence-electron chi connectivity index (χ1n) is 12.0. The van der Waals surface area contributed by atoms with Gasteiger partial charge in [0.1, 0.15) is 0 Å². The Labute approximate surface area is 201 Å². The highest BCUT2D eigenvalue weighted by Crippen LogP contribution is 2.33. The summed E-state index contributed by atoms with van der Waals surface area (Å²) in [6, 6.07) is 9.75. The number of amides is 3. The minimum Gasteiger partial charge on any atom is -0.368 e. The van der Waals surface area contributed by atoms with E-state index in [0.29, 0.717) is 43.0 Å². The molecule has 0 bridgehead atoms. The molecule has 2 aliphatic heterocycles. The Bertz CT molecular complexity index is 1170. The van der Waals surface area contributed by atoms with Crippen molar-refractivity contribution in [2.45, 2.75) is 44.3 Å². The molecule has 1 saturated carbocycles. The van der Waals surface area contributed by atoms with Crippen LogP contribution in [0, 0.1) is 0 Å². The number of alkyl halides is 3. The van der Waals surface area contributed by atoms with Crippen molar-refractivity contribution in [3.05, 3.63) is 64.7 Å². The highest BCUT2D eigenvalue weighted by molar-refractivity contribution is 6.22. The quantitative estimate of drug-likeness (QED) is 0.597. The number of hydrogen-bond donors (Lipinski definition) is 0. The van der Waals surface area contributed by atoms with Crippen LogP contribution in [0.3, 0.4) is 0 Å². The maximum Gasteiger partial charge on any atom is 0.416 e. The van der Waals surface area contributed by atoms with E-state index in [4.69, 9.17) is 0 Å². The molecule has 9 heteroatoms. The van der Waals surface area contributed by atoms with Gasteiger partial charge in [0.25, 0.3) is 17.7 Å². The molecule has 0 N–H and O–H groups in total. The maximum atomic E-state index is 13.1. The molecule has 0 aromatic heterocycles. The molecule has 184 valence electrons. The van der Waals surface area contributed by atoms with Gasteiger partial charge in [-0.2, -0.15) is 13.2 Å². The van der Waals surface area contributed by atoms with Crippen LogP contribution in [0.25, 0.3) is 0 Å². The van der Waals surface area contributed by atoms with Crippen LogP contribution >= 0.6 is 0 Å². The molecule has 0 atom stereocenters. The summed E-state index contributed by atoms with van der Waals surface area (Å²) in [6.07, 6.45) is 0.315. The third-order valence-electron chi connectivity index (χ3n) is 7.21. The fourth-order valence-electron chi connectivity index (χ4n) is 5.29. The first-order valence-corrected chi connectivity index (χ1v) is 12.0. The second kappa shape index (κ2) is 9.02. The summed E-state index contributed by atoms with van der Waals surface area (Å²) < 4.78 is 39.1. The zero-order valence-electron chi connectivity index (χ0n) is 19.2. The normalized spacial score (nSPS) is 19.3. The minimum absolute atomic E-state index is 0.0840. The van der Waals surface area contributed by atoms with Gasteiger partial charge in [0.2, 0.25) is 0 Å². The Hall–Kier alpha value is -3.36. The molecule has 3 amide bonds. The average Bonchev–Trinajstić information content (AvgIpc) is 3.13.